The van der Waals surface area contributed by atoms with Gasteiger partial charge in [0.15, 0.2) is 0 Å². The van der Waals surface area contributed by atoms with Crippen molar-refractivity contribution in [3.8, 4) is 0 Å². The van der Waals surface area contributed by atoms with Crippen LogP contribution in [0.25, 0.3) is 0 Å². The number of benzene rings is 1. The van der Waals surface area contributed by atoms with Crippen molar-refractivity contribution >= 4 is 42.4 Å². The van der Waals surface area contributed by atoms with Crippen molar-refractivity contribution in [3.05, 3.63) is 29.8 Å². The third-order valence-electron chi connectivity index (χ3n) is 1.79. The van der Waals surface area contributed by atoms with E-state index in [2.05, 4.69) is 43.5 Å². The zero-order chi connectivity index (χ0) is 9.10. The molecular weight excluding hydrogens is 344 g/mol. The predicted molar refractivity (Wildman–Crippen MR) is 63.2 cm³/mol. The molecule has 0 saturated heterocycles. The first-order chi connectivity index (χ1) is 6.42. The Hall–Kier alpha value is -0.0605. The zero-order valence-corrected chi connectivity index (χ0v) is 10.7. The molecule has 0 fully saturated rings. The van der Waals surface area contributed by atoms with E-state index in [1.165, 1.54) is 10.0 Å². The Bertz CT molecular complexity index is 340. The van der Waals surface area contributed by atoms with E-state index < -0.39 is 0 Å². The van der Waals surface area contributed by atoms with Gasteiger partial charge in [-0.2, -0.15) is 0 Å². The number of hydrogen-bond acceptors (Lipinski definition) is 2. The van der Waals surface area contributed by atoms with Crippen LogP contribution >= 0.6 is 20.3 Å². The molecule has 1 aromatic rings. The van der Waals surface area contributed by atoms with Crippen molar-refractivity contribution in [1.82, 2.24) is 0 Å². The molecule has 0 bridgehead atoms. The first-order valence-electron chi connectivity index (χ1n) is 3.97. The van der Waals surface area contributed by atoms with E-state index in [9.17, 15) is 0 Å². The molecule has 2 rings (SSSR count). The van der Waals surface area contributed by atoms with Crippen molar-refractivity contribution in [2.24, 2.45) is 4.99 Å². The Kier molecular flexibility index (Phi) is 3.24. The molecule has 2 nitrogen and oxygen atoms in total. The molecule has 1 aromatic carbocycles. The van der Waals surface area contributed by atoms with E-state index in [-0.39, 0.29) is 0 Å². The van der Waals surface area contributed by atoms with Crippen LogP contribution in [0.2, 0.25) is 0 Å². The van der Waals surface area contributed by atoms with Gasteiger partial charge in [0, 0.05) is 0 Å². The van der Waals surface area contributed by atoms with Crippen molar-refractivity contribution in [2.45, 2.75) is 0 Å². The molecule has 13 heavy (non-hydrogen) atoms. The van der Waals surface area contributed by atoms with Crippen LogP contribution in [-0.4, -0.2) is 30.8 Å². The summed E-state index contributed by atoms with van der Waals surface area (Å²) >= 11 is 2.89. The van der Waals surface area contributed by atoms with Gasteiger partial charge in [0.05, 0.1) is 0 Å². The van der Waals surface area contributed by atoms with Gasteiger partial charge < -0.3 is 0 Å². The third kappa shape index (κ3) is 2.06. The Labute approximate surface area is 94.7 Å². The van der Waals surface area contributed by atoms with Crippen LogP contribution in [0.4, 0.5) is 0 Å². The fraction of sp³-hybridized carbons (Fsp3) is 0.222. The molecule has 1 aliphatic rings. The number of ether oxygens (including phenoxy) is 1. The monoisotopic (exact) mass is 353 g/mol. The van der Waals surface area contributed by atoms with E-state index in [1.54, 1.807) is 0 Å². The molecule has 1 heterocycles. The first kappa shape index (κ1) is 9.49. The average molecular weight is 352 g/mol. The first-order valence-corrected chi connectivity index (χ1v) is 10.0. The second-order valence-corrected chi connectivity index (χ2v) is 6.14. The standard InChI is InChI=1S/C9H8INOSe/c10-13-8-4-2-1-3-7(8)9-11-5-6-12-9/h1-4H,5-6H2. The zero-order valence-electron chi connectivity index (χ0n) is 6.87. The number of aliphatic imine (C=N–C) groups is 1. The van der Waals surface area contributed by atoms with E-state index in [0.717, 1.165) is 19.0 Å². The molecule has 0 amide bonds. The molecule has 0 atom stereocenters. The molecular formula is C9H8INOSe. The van der Waals surface area contributed by atoms with Gasteiger partial charge in [-0.1, -0.05) is 0 Å². The summed E-state index contributed by atoms with van der Waals surface area (Å²) in [5.74, 6) is 0.828. The quantitative estimate of drug-likeness (QED) is 0.578. The van der Waals surface area contributed by atoms with Crippen LogP contribution in [0.5, 0.6) is 0 Å². The van der Waals surface area contributed by atoms with Crippen LogP contribution in [0, 0.1) is 0 Å². The Morgan fingerprint density at radius 3 is 2.92 bits per heavy atom. The topological polar surface area (TPSA) is 21.6 Å². The van der Waals surface area contributed by atoms with Crippen molar-refractivity contribution in [3.63, 3.8) is 0 Å². The molecule has 0 unspecified atom stereocenters. The van der Waals surface area contributed by atoms with Crippen molar-refractivity contribution in [1.29, 1.82) is 0 Å². The van der Waals surface area contributed by atoms with E-state index in [1.807, 2.05) is 6.07 Å². The Morgan fingerprint density at radius 1 is 1.38 bits per heavy atom. The Balaban J connectivity index is 2.38. The number of nitrogens with zero attached hydrogens (tertiary/aromatic N) is 1. The summed E-state index contributed by atoms with van der Waals surface area (Å²) in [6.07, 6.45) is 0. The molecule has 1 aliphatic heterocycles. The second kappa shape index (κ2) is 4.44. The number of rotatable bonds is 2. The fourth-order valence-electron chi connectivity index (χ4n) is 1.21. The molecule has 0 N–H and O–H groups in total. The average Bonchev–Trinajstić information content (AvgIpc) is 2.70. The number of hydrogen-bond donors (Lipinski definition) is 0. The Morgan fingerprint density at radius 2 is 2.23 bits per heavy atom. The van der Waals surface area contributed by atoms with Gasteiger partial charge in [0.25, 0.3) is 0 Å². The van der Waals surface area contributed by atoms with Gasteiger partial charge in [-0.3, -0.25) is 0 Å². The molecule has 0 aromatic heterocycles. The summed E-state index contributed by atoms with van der Waals surface area (Å²) in [6, 6.07) is 8.33. The molecule has 0 aliphatic carbocycles. The van der Waals surface area contributed by atoms with Gasteiger partial charge in [-0.25, -0.2) is 0 Å². The summed E-state index contributed by atoms with van der Waals surface area (Å²) in [6.45, 7) is 1.54. The van der Waals surface area contributed by atoms with Crippen molar-refractivity contribution < 1.29 is 4.74 Å². The fourth-order valence-corrected chi connectivity index (χ4v) is 3.98. The summed E-state index contributed by atoms with van der Waals surface area (Å²) in [5, 5.41) is 0. The van der Waals surface area contributed by atoms with Gasteiger partial charge in [-0.05, 0) is 0 Å². The van der Waals surface area contributed by atoms with E-state index in [4.69, 9.17) is 4.74 Å². The minimum atomic E-state index is 0.475. The van der Waals surface area contributed by atoms with Gasteiger partial charge >= 0.3 is 95.1 Å². The van der Waals surface area contributed by atoms with E-state index in [0.29, 0.717) is 11.7 Å². The summed E-state index contributed by atoms with van der Waals surface area (Å²) < 4.78 is 6.80. The van der Waals surface area contributed by atoms with Crippen molar-refractivity contribution in [2.75, 3.05) is 13.2 Å². The minimum absolute atomic E-state index is 0.475. The maximum atomic E-state index is 5.44. The van der Waals surface area contributed by atoms with Gasteiger partial charge in [0.1, 0.15) is 0 Å². The van der Waals surface area contributed by atoms with Gasteiger partial charge in [-0.15, -0.1) is 0 Å². The predicted octanol–water partition coefficient (Wildman–Crippen LogP) is 1.14. The third-order valence-corrected chi connectivity index (χ3v) is 5.35. The summed E-state index contributed by atoms with van der Waals surface area (Å²) in [7, 11) is 0. The number of halogens is 1. The molecule has 0 spiro atoms. The summed E-state index contributed by atoms with van der Waals surface area (Å²) in [5.41, 5.74) is 1.18. The van der Waals surface area contributed by atoms with Crippen LogP contribution in [0.3, 0.4) is 0 Å². The normalized spacial score (nSPS) is 15.3. The molecule has 68 valence electrons. The SMILES string of the molecule is I[Se]c1ccccc1C1=NCCO1. The van der Waals surface area contributed by atoms with Gasteiger partial charge in [0.2, 0.25) is 0 Å². The molecule has 0 saturated carbocycles. The maximum absolute atomic E-state index is 5.44. The van der Waals surface area contributed by atoms with E-state index >= 15 is 0 Å². The molecule has 0 radical (unpaired) electrons. The van der Waals surface area contributed by atoms with Crippen LogP contribution < -0.4 is 4.46 Å². The van der Waals surface area contributed by atoms with Crippen LogP contribution in [0.1, 0.15) is 5.56 Å². The molecule has 4 heteroatoms. The van der Waals surface area contributed by atoms with Crippen LogP contribution in [0.15, 0.2) is 29.3 Å². The van der Waals surface area contributed by atoms with Crippen LogP contribution in [-0.2, 0) is 4.74 Å². The summed E-state index contributed by atoms with van der Waals surface area (Å²) in [4.78, 5) is 4.32. The second-order valence-electron chi connectivity index (χ2n) is 2.61.